The summed E-state index contributed by atoms with van der Waals surface area (Å²) in [6.07, 6.45) is 0. The Morgan fingerprint density at radius 1 is 1.14 bits per heavy atom. The molecule has 2 rings (SSSR count). The van der Waals surface area contributed by atoms with E-state index in [1.807, 2.05) is 63.1 Å². The number of hydrogen-bond donors (Lipinski definition) is 1. The zero-order valence-electron chi connectivity index (χ0n) is 12.8. The lowest BCUT2D eigenvalue weighted by molar-refractivity contribution is 0.0696. The van der Waals surface area contributed by atoms with Gasteiger partial charge >= 0.3 is 5.97 Å². The van der Waals surface area contributed by atoms with Crippen molar-refractivity contribution in [2.45, 2.75) is 26.2 Å². The van der Waals surface area contributed by atoms with Gasteiger partial charge in [-0.2, -0.15) is 0 Å². The fourth-order valence-corrected chi connectivity index (χ4v) is 1.98. The Morgan fingerprint density at radius 2 is 1.76 bits per heavy atom. The highest BCUT2D eigenvalue weighted by Crippen LogP contribution is 2.27. The molecule has 0 atom stereocenters. The molecule has 0 fully saturated rings. The van der Waals surface area contributed by atoms with E-state index in [0.29, 0.717) is 5.82 Å². The van der Waals surface area contributed by atoms with Gasteiger partial charge in [-0.15, -0.1) is 0 Å². The van der Waals surface area contributed by atoms with E-state index < -0.39 is 5.97 Å². The van der Waals surface area contributed by atoms with Gasteiger partial charge in [-0.1, -0.05) is 39.0 Å². The third-order valence-corrected chi connectivity index (χ3v) is 3.31. The van der Waals surface area contributed by atoms with Gasteiger partial charge in [0.15, 0.2) is 0 Å². The van der Waals surface area contributed by atoms with Gasteiger partial charge in [0.1, 0.15) is 5.82 Å². The standard InChI is InChI=1S/C17H20N2O2/c1-17(2,3)14-10-12(16(20)21)11-15(18-14)19(4)13-8-6-5-7-9-13/h5-11H,1-4H3,(H,20,21). The first-order valence-corrected chi connectivity index (χ1v) is 6.83. The first-order chi connectivity index (χ1) is 9.79. The summed E-state index contributed by atoms with van der Waals surface area (Å²) < 4.78 is 0. The molecule has 0 saturated heterocycles. The molecule has 0 aliphatic rings. The number of carbonyl (C=O) groups is 1. The Hall–Kier alpha value is -2.36. The Bertz CT molecular complexity index is 646. The lowest BCUT2D eigenvalue weighted by Crippen LogP contribution is -2.19. The SMILES string of the molecule is CN(c1ccccc1)c1cc(C(=O)O)cc(C(C)(C)C)n1. The van der Waals surface area contributed by atoms with Crippen molar-refractivity contribution >= 4 is 17.5 Å². The molecule has 1 N–H and O–H groups in total. The predicted molar refractivity (Wildman–Crippen MR) is 84.4 cm³/mol. The zero-order valence-corrected chi connectivity index (χ0v) is 12.8. The predicted octanol–water partition coefficient (Wildman–Crippen LogP) is 3.85. The van der Waals surface area contributed by atoms with Gasteiger partial charge in [0.05, 0.1) is 5.56 Å². The summed E-state index contributed by atoms with van der Waals surface area (Å²) in [5.41, 5.74) is 1.78. The summed E-state index contributed by atoms with van der Waals surface area (Å²) >= 11 is 0. The molecule has 0 saturated carbocycles. The number of benzene rings is 1. The Balaban J connectivity index is 2.53. The van der Waals surface area contributed by atoms with Gasteiger partial charge in [0.2, 0.25) is 0 Å². The number of carboxylic acid groups (broad SMARTS) is 1. The lowest BCUT2D eigenvalue weighted by atomic mass is 9.90. The van der Waals surface area contributed by atoms with E-state index in [1.54, 1.807) is 12.1 Å². The number of anilines is 2. The second-order valence-corrected chi connectivity index (χ2v) is 6.05. The molecule has 0 amide bonds. The normalized spacial score (nSPS) is 11.2. The number of aromatic nitrogens is 1. The first kappa shape index (κ1) is 15.0. The zero-order chi connectivity index (χ0) is 15.6. The van der Waals surface area contributed by atoms with Crippen LogP contribution < -0.4 is 4.90 Å². The number of aromatic carboxylic acids is 1. The third kappa shape index (κ3) is 3.40. The smallest absolute Gasteiger partial charge is 0.335 e. The second kappa shape index (κ2) is 5.56. The van der Waals surface area contributed by atoms with Crippen LogP contribution in [0.3, 0.4) is 0 Å². The summed E-state index contributed by atoms with van der Waals surface area (Å²) in [4.78, 5) is 17.9. The average molecular weight is 284 g/mol. The number of para-hydroxylation sites is 1. The van der Waals surface area contributed by atoms with E-state index >= 15 is 0 Å². The van der Waals surface area contributed by atoms with E-state index in [4.69, 9.17) is 0 Å². The van der Waals surface area contributed by atoms with Crippen LogP contribution in [0.1, 0.15) is 36.8 Å². The molecule has 1 aromatic carbocycles. The number of nitrogens with zero attached hydrogens (tertiary/aromatic N) is 2. The summed E-state index contributed by atoms with van der Waals surface area (Å²) in [5, 5.41) is 9.31. The molecule has 0 radical (unpaired) electrons. The van der Waals surface area contributed by atoms with E-state index in [1.165, 1.54) is 0 Å². The van der Waals surface area contributed by atoms with Crippen LogP contribution in [0.15, 0.2) is 42.5 Å². The molecule has 0 spiro atoms. The lowest BCUT2D eigenvalue weighted by Gasteiger charge is -2.23. The topological polar surface area (TPSA) is 53.4 Å². The van der Waals surface area contributed by atoms with Crippen LogP contribution in [-0.4, -0.2) is 23.1 Å². The van der Waals surface area contributed by atoms with Gasteiger partial charge in [-0.3, -0.25) is 0 Å². The molecule has 0 aliphatic carbocycles. The minimum atomic E-state index is -0.939. The van der Waals surface area contributed by atoms with Crippen molar-refractivity contribution in [2.24, 2.45) is 0 Å². The third-order valence-electron chi connectivity index (χ3n) is 3.31. The fourth-order valence-electron chi connectivity index (χ4n) is 1.98. The van der Waals surface area contributed by atoms with E-state index in [-0.39, 0.29) is 11.0 Å². The molecule has 0 aliphatic heterocycles. The summed E-state index contributed by atoms with van der Waals surface area (Å²) in [5.74, 6) is -0.309. The molecule has 0 unspecified atom stereocenters. The van der Waals surface area contributed by atoms with Crippen molar-refractivity contribution < 1.29 is 9.90 Å². The molecule has 1 heterocycles. The molecule has 2 aromatic rings. The average Bonchev–Trinajstić information content (AvgIpc) is 2.46. The van der Waals surface area contributed by atoms with Crippen molar-refractivity contribution in [1.29, 1.82) is 0 Å². The van der Waals surface area contributed by atoms with Crippen molar-refractivity contribution in [3.63, 3.8) is 0 Å². The highest BCUT2D eigenvalue weighted by molar-refractivity contribution is 5.89. The number of carboxylic acids is 1. The van der Waals surface area contributed by atoms with E-state index in [9.17, 15) is 9.90 Å². The van der Waals surface area contributed by atoms with Crippen molar-refractivity contribution in [3.8, 4) is 0 Å². The molecule has 21 heavy (non-hydrogen) atoms. The minimum absolute atomic E-state index is 0.211. The maximum absolute atomic E-state index is 11.3. The Kier molecular flexibility index (Phi) is 3.98. The van der Waals surface area contributed by atoms with Gasteiger partial charge in [-0.05, 0) is 24.3 Å². The number of hydrogen-bond acceptors (Lipinski definition) is 3. The molecular weight excluding hydrogens is 264 g/mol. The van der Waals surface area contributed by atoms with Crippen molar-refractivity contribution in [2.75, 3.05) is 11.9 Å². The van der Waals surface area contributed by atoms with Crippen molar-refractivity contribution in [1.82, 2.24) is 4.98 Å². The molecule has 4 nitrogen and oxygen atoms in total. The van der Waals surface area contributed by atoms with E-state index in [0.717, 1.165) is 11.4 Å². The van der Waals surface area contributed by atoms with Gasteiger partial charge in [0, 0.05) is 23.8 Å². The van der Waals surface area contributed by atoms with E-state index in [2.05, 4.69) is 4.98 Å². The monoisotopic (exact) mass is 284 g/mol. The number of rotatable bonds is 3. The summed E-state index contributed by atoms with van der Waals surface area (Å²) in [6, 6.07) is 13.0. The Morgan fingerprint density at radius 3 is 2.29 bits per heavy atom. The molecular formula is C17H20N2O2. The highest BCUT2D eigenvalue weighted by atomic mass is 16.4. The van der Waals surface area contributed by atoms with Gasteiger partial charge < -0.3 is 10.0 Å². The van der Waals surface area contributed by atoms with Crippen LogP contribution in [0, 0.1) is 0 Å². The quantitative estimate of drug-likeness (QED) is 0.930. The van der Waals surface area contributed by atoms with Gasteiger partial charge in [0.25, 0.3) is 0 Å². The van der Waals surface area contributed by atoms with Gasteiger partial charge in [-0.25, -0.2) is 9.78 Å². The molecule has 4 heteroatoms. The molecule has 0 bridgehead atoms. The summed E-state index contributed by atoms with van der Waals surface area (Å²) in [7, 11) is 1.88. The minimum Gasteiger partial charge on any atom is -0.478 e. The molecule has 110 valence electrons. The van der Waals surface area contributed by atoms with Crippen LogP contribution in [0.4, 0.5) is 11.5 Å². The Labute approximate surface area is 125 Å². The largest absolute Gasteiger partial charge is 0.478 e. The fraction of sp³-hybridized carbons (Fsp3) is 0.294. The summed E-state index contributed by atoms with van der Waals surface area (Å²) in [6.45, 7) is 6.06. The van der Waals surface area contributed by atoms with Crippen LogP contribution in [0.5, 0.6) is 0 Å². The number of pyridine rings is 1. The second-order valence-electron chi connectivity index (χ2n) is 6.05. The van der Waals surface area contributed by atoms with Crippen LogP contribution in [-0.2, 0) is 5.41 Å². The van der Waals surface area contributed by atoms with Crippen LogP contribution >= 0.6 is 0 Å². The highest BCUT2D eigenvalue weighted by Gasteiger charge is 2.20. The van der Waals surface area contributed by atoms with Crippen LogP contribution in [0.25, 0.3) is 0 Å². The van der Waals surface area contributed by atoms with Crippen LogP contribution in [0.2, 0.25) is 0 Å². The maximum atomic E-state index is 11.3. The van der Waals surface area contributed by atoms with Crippen molar-refractivity contribution in [3.05, 3.63) is 53.7 Å². The first-order valence-electron chi connectivity index (χ1n) is 6.83. The maximum Gasteiger partial charge on any atom is 0.335 e. The molecule has 1 aromatic heterocycles.